The molecular formula is C13H21N3O. The number of carbonyl (C=O) groups is 1. The van der Waals surface area contributed by atoms with Crippen molar-refractivity contribution < 1.29 is 4.79 Å². The van der Waals surface area contributed by atoms with Crippen molar-refractivity contribution in [2.75, 3.05) is 0 Å². The predicted octanol–water partition coefficient (Wildman–Crippen LogP) is 1.63. The van der Waals surface area contributed by atoms with Crippen molar-refractivity contribution in [3.05, 3.63) is 30.1 Å². The van der Waals surface area contributed by atoms with E-state index in [9.17, 15) is 4.79 Å². The van der Waals surface area contributed by atoms with Crippen LogP contribution in [0.2, 0.25) is 0 Å². The van der Waals surface area contributed by atoms with E-state index in [1.54, 1.807) is 6.20 Å². The van der Waals surface area contributed by atoms with Crippen LogP contribution in [0.25, 0.3) is 0 Å². The zero-order chi connectivity index (χ0) is 12.8. The molecule has 1 heterocycles. The molecule has 0 bridgehead atoms. The summed E-state index contributed by atoms with van der Waals surface area (Å²) in [6, 6.07) is 5.09. The molecule has 0 radical (unpaired) electrons. The van der Waals surface area contributed by atoms with Crippen LogP contribution in [0.15, 0.2) is 24.4 Å². The van der Waals surface area contributed by atoms with Gasteiger partial charge in [0, 0.05) is 6.20 Å². The zero-order valence-electron chi connectivity index (χ0n) is 10.7. The van der Waals surface area contributed by atoms with Gasteiger partial charge in [-0.05, 0) is 31.4 Å². The van der Waals surface area contributed by atoms with E-state index in [0.717, 1.165) is 5.69 Å². The maximum Gasteiger partial charge on any atom is 0.237 e. The summed E-state index contributed by atoms with van der Waals surface area (Å²) in [5.41, 5.74) is 6.66. The van der Waals surface area contributed by atoms with E-state index >= 15 is 0 Å². The molecule has 0 spiro atoms. The molecular weight excluding hydrogens is 214 g/mol. The highest BCUT2D eigenvalue weighted by molar-refractivity contribution is 5.81. The molecule has 1 aromatic rings. The lowest BCUT2D eigenvalue weighted by molar-refractivity contribution is -0.123. The van der Waals surface area contributed by atoms with Gasteiger partial charge in [-0.2, -0.15) is 0 Å². The number of rotatable bonds is 5. The third kappa shape index (κ3) is 4.53. The van der Waals surface area contributed by atoms with E-state index in [4.69, 9.17) is 5.73 Å². The Morgan fingerprint density at radius 2 is 2.12 bits per heavy atom. The van der Waals surface area contributed by atoms with Gasteiger partial charge in [-0.15, -0.1) is 0 Å². The van der Waals surface area contributed by atoms with Gasteiger partial charge in [-0.25, -0.2) is 0 Å². The third-order valence-electron chi connectivity index (χ3n) is 2.55. The molecule has 2 atom stereocenters. The highest BCUT2D eigenvalue weighted by Crippen LogP contribution is 2.09. The minimum atomic E-state index is -0.443. The van der Waals surface area contributed by atoms with Gasteiger partial charge in [0.1, 0.15) is 0 Å². The lowest BCUT2D eigenvalue weighted by atomic mass is 10.0. The smallest absolute Gasteiger partial charge is 0.237 e. The highest BCUT2D eigenvalue weighted by atomic mass is 16.2. The van der Waals surface area contributed by atoms with E-state index in [2.05, 4.69) is 24.1 Å². The second kappa shape index (κ2) is 6.35. The van der Waals surface area contributed by atoms with Crippen molar-refractivity contribution in [3.63, 3.8) is 0 Å². The second-order valence-electron chi connectivity index (χ2n) is 4.72. The standard InChI is InChI=1S/C13H21N3O/c1-9(2)8-11(14)13(17)16-10(3)12-6-4-5-7-15-12/h4-7,9-11H,8,14H2,1-3H3,(H,16,17)/t10?,11-/m1/s1. The van der Waals surface area contributed by atoms with Gasteiger partial charge in [0.15, 0.2) is 0 Å². The van der Waals surface area contributed by atoms with Gasteiger partial charge in [0.2, 0.25) is 5.91 Å². The van der Waals surface area contributed by atoms with E-state index in [-0.39, 0.29) is 11.9 Å². The summed E-state index contributed by atoms with van der Waals surface area (Å²) in [4.78, 5) is 16.0. The molecule has 3 N–H and O–H groups in total. The van der Waals surface area contributed by atoms with Gasteiger partial charge >= 0.3 is 0 Å². The van der Waals surface area contributed by atoms with Gasteiger partial charge in [0.25, 0.3) is 0 Å². The van der Waals surface area contributed by atoms with Crippen molar-refractivity contribution in [3.8, 4) is 0 Å². The van der Waals surface area contributed by atoms with E-state index in [0.29, 0.717) is 12.3 Å². The van der Waals surface area contributed by atoms with Crippen LogP contribution >= 0.6 is 0 Å². The number of aromatic nitrogens is 1. The first-order valence-corrected chi connectivity index (χ1v) is 5.97. The molecule has 0 saturated heterocycles. The molecule has 0 aliphatic carbocycles. The normalized spacial score (nSPS) is 14.4. The summed E-state index contributed by atoms with van der Waals surface area (Å²) >= 11 is 0. The van der Waals surface area contributed by atoms with Crippen LogP contribution in [0.3, 0.4) is 0 Å². The molecule has 0 aromatic carbocycles. The van der Waals surface area contributed by atoms with Crippen molar-refractivity contribution >= 4 is 5.91 Å². The molecule has 4 heteroatoms. The van der Waals surface area contributed by atoms with Crippen molar-refractivity contribution in [1.29, 1.82) is 0 Å². The Labute approximate surface area is 103 Å². The Morgan fingerprint density at radius 1 is 1.41 bits per heavy atom. The Hall–Kier alpha value is -1.42. The summed E-state index contributed by atoms with van der Waals surface area (Å²) in [5, 5.41) is 2.87. The Balaban J connectivity index is 2.51. The number of nitrogens with two attached hydrogens (primary N) is 1. The lowest BCUT2D eigenvalue weighted by Crippen LogP contribution is -2.42. The van der Waals surface area contributed by atoms with E-state index < -0.39 is 6.04 Å². The minimum absolute atomic E-state index is 0.109. The third-order valence-corrected chi connectivity index (χ3v) is 2.55. The van der Waals surface area contributed by atoms with Gasteiger partial charge < -0.3 is 11.1 Å². The fourth-order valence-electron chi connectivity index (χ4n) is 1.64. The SMILES string of the molecule is CC(C)C[C@@H](N)C(=O)NC(C)c1ccccn1. The minimum Gasteiger partial charge on any atom is -0.347 e. The molecule has 0 fully saturated rings. The number of carbonyl (C=O) groups excluding carboxylic acids is 1. The number of hydrogen-bond acceptors (Lipinski definition) is 3. The highest BCUT2D eigenvalue weighted by Gasteiger charge is 2.17. The monoisotopic (exact) mass is 235 g/mol. The summed E-state index contributed by atoms with van der Waals surface area (Å²) in [6.45, 7) is 6.01. The van der Waals surface area contributed by atoms with E-state index in [1.807, 2.05) is 25.1 Å². The molecule has 1 rings (SSSR count). The molecule has 1 aromatic heterocycles. The van der Waals surface area contributed by atoms with Crippen molar-refractivity contribution in [2.24, 2.45) is 11.7 Å². The Bertz CT molecular complexity index is 351. The lowest BCUT2D eigenvalue weighted by Gasteiger charge is -2.18. The molecule has 17 heavy (non-hydrogen) atoms. The molecule has 1 amide bonds. The van der Waals surface area contributed by atoms with Crippen LogP contribution < -0.4 is 11.1 Å². The van der Waals surface area contributed by atoms with Gasteiger partial charge in [-0.1, -0.05) is 19.9 Å². The first-order chi connectivity index (χ1) is 8.00. The largest absolute Gasteiger partial charge is 0.347 e. The fourth-order valence-corrected chi connectivity index (χ4v) is 1.64. The van der Waals surface area contributed by atoms with Crippen LogP contribution in [0.5, 0.6) is 0 Å². The van der Waals surface area contributed by atoms with Gasteiger partial charge in [0.05, 0.1) is 17.8 Å². The first-order valence-electron chi connectivity index (χ1n) is 5.97. The van der Waals surface area contributed by atoms with Gasteiger partial charge in [-0.3, -0.25) is 9.78 Å². The number of nitrogens with one attached hydrogen (secondary N) is 1. The average Bonchev–Trinajstić information content (AvgIpc) is 2.29. The van der Waals surface area contributed by atoms with Crippen LogP contribution in [0, 0.1) is 5.92 Å². The topological polar surface area (TPSA) is 68.0 Å². The van der Waals surface area contributed by atoms with Crippen LogP contribution in [0.1, 0.15) is 38.9 Å². The van der Waals surface area contributed by atoms with Crippen LogP contribution in [0.4, 0.5) is 0 Å². The summed E-state index contributed by atoms with van der Waals surface area (Å²) < 4.78 is 0. The Kier molecular flexibility index (Phi) is 5.10. The molecule has 0 saturated carbocycles. The quantitative estimate of drug-likeness (QED) is 0.815. The first kappa shape index (κ1) is 13.6. The molecule has 0 aliphatic heterocycles. The number of pyridine rings is 1. The van der Waals surface area contributed by atoms with E-state index in [1.165, 1.54) is 0 Å². The summed E-state index contributed by atoms with van der Waals surface area (Å²) in [7, 11) is 0. The summed E-state index contributed by atoms with van der Waals surface area (Å²) in [5.74, 6) is 0.303. The fraction of sp³-hybridized carbons (Fsp3) is 0.538. The molecule has 94 valence electrons. The number of amides is 1. The number of hydrogen-bond donors (Lipinski definition) is 2. The second-order valence-corrected chi connectivity index (χ2v) is 4.72. The molecule has 1 unspecified atom stereocenters. The van der Waals surface area contributed by atoms with Crippen LogP contribution in [-0.2, 0) is 4.79 Å². The van der Waals surface area contributed by atoms with Crippen molar-refractivity contribution in [2.45, 2.75) is 39.3 Å². The molecule has 0 aliphatic rings. The maximum atomic E-state index is 11.8. The Morgan fingerprint density at radius 3 is 2.65 bits per heavy atom. The van der Waals surface area contributed by atoms with Crippen LogP contribution in [-0.4, -0.2) is 16.9 Å². The van der Waals surface area contributed by atoms with Crippen molar-refractivity contribution in [1.82, 2.24) is 10.3 Å². The zero-order valence-corrected chi connectivity index (χ0v) is 10.7. The molecule has 4 nitrogen and oxygen atoms in total. The summed E-state index contributed by atoms with van der Waals surface area (Å²) in [6.07, 6.45) is 2.41. The predicted molar refractivity (Wildman–Crippen MR) is 68.2 cm³/mol. The average molecular weight is 235 g/mol. The number of nitrogens with zero attached hydrogens (tertiary/aromatic N) is 1. The maximum absolute atomic E-state index is 11.8.